The summed E-state index contributed by atoms with van der Waals surface area (Å²) in [6.45, 7) is 5.20. The third kappa shape index (κ3) is 4.96. The summed E-state index contributed by atoms with van der Waals surface area (Å²) in [5.74, 6) is -0.306. The van der Waals surface area contributed by atoms with Crippen molar-refractivity contribution in [3.05, 3.63) is 28.2 Å². The number of nitrogens with one attached hydrogen (secondary N) is 3. The van der Waals surface area contributed by atoms with Crippen LogP contribution in [0.5, 0.6) is 0 Å². The first-order valence-electron chi connectivity index (χ1n) is 5.52. The average molecular weight is 304 g/mol. The number of rotatable bonds is 1. The van der Waals surface area contributed by atoms with Crippen molar-refractivity contribution in [3.63, 3.8) is 0 Å². The average Bonchev–Trinajstić information content (AvgIpc) is 2.29. The molecule has 0 atom stereocenters. The minimum Gasteiger partial charge on any atom is -0.305 e. The quantitative estimate of drug-likeness (QED) is 0.697. The Morgan fingerprint density at radius 2 is 1.74 bits per heavy atom. The molecule has 0 aliphatic heterocycles. The van der Waals surface area contributed by atoms with E-state index in [1.807, 2.05) is 0 Å². The fraction of sp³-hybridized carbons (Fsp3) is 0.333. The van der Waals surface area contributed by atoms with Gasteiger partial charge in [-0.25, -0.2) is 10.2 Å². The Morgan fingerprint density at radius 3 is 2.32 bits per heavy atom. The summed E-state index contributed by atoms with van der Waals surface area (Å²) in [7, 11) is 0. The largest absolute Gasteiger partial charge is 0.337 e. The number of carbonyl (C=O) groups is 2. The van der Waals surface area contributed by atoms with Crippen molar-refractivity contribution >= 4 is 40.8 Å². The molecule has 104 valence electrons. The molecule has 0 fully saturated rings. The monoisotopic (exact) mass is 303 g/mol. The van der Waals surface area contributed by atoms with E-state index >= 15 is 0 Å². The molecule has 0 saturated carbocycles. The van der Waals surface area contributed by atoms with Crippen LogP contribution in [0.1, 0.15) is 20.8 Å². The first-order valence-corrected chi connectivity index (χ1v) is 6.28. The van der Waals surface area contributed by atoms with Gasteiger partial charge in [0.2, 0.25) is 5.91 Å². The maximum atomic E-state index is 11.6. The molecule has 7 heteroatoms. The lowest BCUT2D eigenvalue weighted by Gasteiger charge is -2.18. The van der Waals surface area contributed by atoms with Crippen molar-refractivity contribution in [2.24, 2.45) is 5.41 Å². The molecule has 5 nitrogen and oxygen atoms in total. The Bertz CT molecular complexity index is 498. The second kappa shape index (κ2) is 6.12. The molecule has 3 amide bonds. The third-order valence-electron chi connectivity index (χ3n) is 2.15. The fourth-order valence-corrected chi connectivity index (χ4v) is 1.38. The van der Waals surface area contributed by atoms with E-state index in [-0.39, 0.29) is 5.91 Å². The number of hydrazine groups is 1. The van der Waals surface area contributed by atoms with Crippen LogP contribution in [0.2, 0.25) is 10.0 Å². The lowest BCUT2D eigenvalue weighted by atomic mass is 9.96. The molecule has 1 aromatic rings. The van der Waals surface area contributed by atoms with E-state index in [4.69, 9.17) is 23.2 Å². The van der Waals surface area contributed by atoms with E-state index in [0.717, 1.165) is 0 Å². The molecule has 3 N–H and O–H groups in total. The third-order valence-corrected chi connectivity index (χ3v) is 2.71. The van der Waals surface area contributed by atoms with E-state index in [9.17, 15) is 9.59 Å². The van der Waals surface area contributed by atoms with Crippen molar-refractivity contribution < 1.29 is 9.59 Å². The molecule has 0 radical (unpaired) electrons. The van der Waals surface area contributed by atoms with Gasteiger partial charge in [-0.1, -0.05) is 44.0 Å². The zero-order valence-electron chi connectivity index (χ0n) is 10.8. The van der Waals surface area contributed by atoms with E-state index in [1.165, 1.54) is 6.07 Å². The summed E-state index contributed by atoms with van der Waals surface area (Å²) in [6, 6.07) is 4.07. The van der Waals surface area contributed by atoms with Gasteiger partial charge >= 0.3 is 6.03 Å². The lowest BCUT2D eigenvalue weighted by Crippen LogP contribution is -2.48. The first kappa shape index (κ1) is 15.6. The predicted molar refractivity (Wildman–Crippen MR) is 76.2 cm³/mol. The minimum atomic E-state index is -0.609. The van der Waals surface area contributed by atoms with Crippen molar-refractivity contribution in [1.82, 2.24) is 10.9 Å². The molecule has 0 heterocycles. The van der Waals surface area contributed by atoms with Gasteiger partial charge in [-0.05, 0) is 18.2 Å². The Labute approximate surface area is 121 Å². The number of halogens is 2. The zero-order valence-corrected chi connectivity index (χ0v) is 12.3. The minimum absolute atomic E-state index is 0.306. The van der Waals surface area contributed by atoms with Gasteiger partial charge in [0.25, 0.3) is 0 Å². The smallest absolute Gasteiger partial charge is 0.305 e. The molecule has 0 aliphatic carbocycles. The van der Waals surface area contributed by atoms with E-state index in [0.29, 0.717) is 15.7 Å². The van der Waals surface area contributed by atoms with Crippen LogP contribution in [0.4, 0.5) is 10.5 Å². The molecule has 0 saturated heterocycles. The molecule has 1 aromatic carbocycles. The Balaban J connectivity index is 2.57. The number of carbonyl (C=O) groups excluding carboxylic acids is 2. The summed E-state index contributed by atoms with van der Waals surface area (Å²) >= 11 is 11.7. The van der Waals surface area contributed by atoms with Crippen LogP contribution in [0.25, 0.3) is 0 Å². The van der Waals surface area contributed by atoms with Gasteiger partial charge in [-0.15, -0.1) is 0 Å². The molecule has 0 bridgehead atoms. The Kier molecular flexibility index (Phi) is 5.03. The molecular formula is C12H15Cl2N3O2. The number of urea groups is 1. The van der Waals surface area contributed by atoms with Crippen LogP contribution < -0.4 is 16.2 Å². The normalized spacial score (nSPS) is 10.8. The number of amides is 3. The van der Waals surface area contributed by atoms with Gasteiger partial charge in [0.05, 0.1) is 10.7 Å². The fourth-order valence-electron chi connectivity index (χ4n) is 1.05. The molecule has 0 unspecified atom stereocenters. The second-order valence-electron chi connectivity index (χ2n) is 4.91. The van der Waals surface area contributed by atoms with E-state index in [1.54, 1.807) is 32.9 Å². The van der Waals surface area contributed by atoms with Crippen LogP contribution in [0.15, 0.2) is 18.2 Å². The number of hydrogen-bond acceptors (Lipinski definition) is 2. The van der Waals surface area contributed by atoms with Crippen LogP contribution in [-0.2, 0) is 4.79 Å². The number of anilines is 1. The summed E-state index contributed by atoms with van der Waals surface area (Å²) in [5.41, 5.74) is 4.29. The molecule has 19 heavy (non-hydrogen) atoms. The SMILES string of the molecule is CC(C)(C)C(=O)NNC(=O)Nc1cc(Cl)ccc1Cl. The van der Waals surface area contributed by atoms with Gasteiger partial charge < -0.3 is 5.32 Å². The highest BCUT2D eigenvalue weighted by molar-refractivity contribution is 6.35. The van der Waals surface area contributed by atoms with Gasteiger partial charge in [0.1, 0.15) is 0 Å². The molecule has 0 spiro atoms. The summed E-state index contributed by atoms with van der Waals surface area (Å²) < 4.78 is 0. The maximum Gasteiger partial charge on any atom is 0.337 e. The van der Waals surface area contributed by atoms with Gasteiger partial charge in [-0.3, -0.25) is 10.2 Å². The predicted octanol–water partition coefficient (Wildman–Crippen LogP) is 3.19. The molecular weight excluding hydrogens is 289 g/mol. The van der Waals surface area contributed by atoms with Crippen molar-refractivity contribution in [2.75, 3.05) is 5.32 Å². The van der Waals surface area contributed by atoms with Gasteiger partial charge in [0.15, 0.2) is 0 Å². The van der Waals surface area contributed by atoms with E-state index in [2.05, 4.69) is 16.2 Å². The standard InChI is InChI=1S/C12H15Cl2N3O2/c1-12(2,3)10(18)16-17-11(19)15-9-6-7(13)4-5-8(9)14/h4-6H,1-3H3,(H,16,18)(H2,15,17,19). The summed E-state index contributed by atoms with van der Waals surface area (Å²) in [6.07, 6.45) is 0. The summed E-state index contributed by atoms with van der Waals surface area (Å²) in [5, 5.41) is 3.27. The van der Waals surface area contributed by atoms with Crippen LogP contribution in [-0.4, -0.2) is 11.9 Å². The zero-order chi connectivity index (χ0) is 14.6. The van der Waals surface area contributed by atoms with Gasteiger partial charge in [0, 0.05) is 10.4 Å². The molecule has 0 aromatic heterocycles. The highest BCUT2D eigenvalue weighted by Gasteiger charge is 2.21. The highest BCUT2D eigenvalue weighted by Crippen LogP contribution is 2.25. The number of hydrogen-bond donors (Lipinski definition) is 3. The number of benzene rings is 1. The second-order valence-corrected chi connectivity index (χ2v) is 5.75. The highest BCUT2D eigenvalue weighted by atomic mass is 35.5. The van der Waals surface area contributed by atoms with E-state index < -0.39 is 11.4 Å². The Hall–Kier alpha value is -1.46. The topological polar surface area (TPSA) is 70.2 Å². The van der Waals surface area contributed by atoms with Gasteiger partial charge in [-0.2, -0.15) is 0 Å². The molecule has 0 aliphatic rings. The van der Waals surface area contributed by atoms with Crippen LogP contribution in [0.3, 0.4) is 0 Å². The molecule has 1 rings (SSSR count). The lowest BCUT2D eigenvalue weighted by molar-refractivity contribution is -0.129. The van der Waals surface area contributed by atoms with Crippen molar-refractivity contribution in [3.8, 4) is 0 Å². The Morgan fingerprint density at radius 1 is 1.11 bits per heavy atom. The first-order chi connectivity index (χ1) is 8.70. The summed E-state index contributed by atoms with van der Waals surface area (Å²) in [4.78, 5) is 23.1. The van der Waals surface area contributed by atoms with Crippen LogP contribution >= 0.6 is 23.2 Å². The van der Waals surface area contributed by atoms with Crippen LogP contribution in [0, 0.1) is 5.41 Å². The van der Waals surface area contributed by atoms with Crippen molar-refractivity contribution in [1.29, 1.82) is 0 Å². The van der Waals surface area contributed by atoms with Crippen molar-refractivity contribution in [2.45, 2.75) is 20.8 Å². The maximum absolute atomic E-state index is 11.6.